The second-order valence-electron chi connectivity index (χ2n) is 7.09. The van der Waals surface area contributed by atoms with Gasteiger partial charge in [-0.2, -0.15) is 5.10 Å². The molecule has 0 radical (unpaired) electrons. The van der Waals surface area contributed by atoms with Crippen LogP contribution < -0.4 is 5.69 Å². The Bertz CT molecular complexity index is 976. The smallest absolute Gasteiger partial charge is 0.346 e. The molecule has 3 heterocycles. The van der Waals surface area contributed by atoms with Crippen LogP contribution >= 0.6 is 0 Å². The van der Waals surface area contributed by atoms with Gasteiger partial charge in [0.1, 0.15) is 6.10 Å². The summed E-state index contributed by atoms with van der Waals surface area (Å²) in [6.07, 6.45) is 6.30. The molecule has 2 atom stereocenters. The average molecular weight is 349 g/mol. The summed E-state index contributed by atoms with van der Waals surface area (Å²) in [4.78, 5) is 21.4. The predicted octanol–water partition coefficient (Wildman–Crippen LogP) is 1.98. The predicted molar refractivity (Wildman–Crippen MR) is 93.7 cm³/mol. The van der Waals surface area contributed by atoms with Gasteiger partial charge in [0.25, 0.3) is 0 Å². The highest BCUT2D eigenvalue weighted by molar-refractivity contribution is 5.23. The van der Waals surface area contributed by atoms with Gasteiger partial charge >= 0.3 is 5.69 Å². The lowest BCUT2D eigenvalue weighted by Gasteiger charge is -2.35. The molecule has 132 valence electrons. The fourth-order valence-electron chi connectivity index (χ4n) is 4.11. The summed E-state index contributed by atoms with van der Waals surface area (Å²) in [7, 11) is 0. The number of rotatable bonds is 3. The monoisotopic (exact) mass is 349 g/mol. The van der Waals surface area contributed by atoms with Gasteiger partial charge in [-0.05, 0) is 24.3 Å². The zero-order valence-corrected chi connectivity index (χ0v) is 14.1. The molecule has 1 aliphatic heterocycles. The Morgan fingerprint density at radius 1 is 1.08 bits per heavy atom. The number of hydrogen-bond donors (Lipinski definition) is 1. The van der Waals surface area contributed by atoms with E-state index in [9.17, 15) is 9.90 Å². The number of fused-ring (bicyclic) bond motifs is 1. The molecule has 0 spiro atoms. The molecule has 0 saturated heterocycles. The minimum Gasteiger partial charge on any atom is -0.385 e. The second kappa shape index (κ2) is 5.88. The molecule has 1 aromatic carbocycles. The standard InChI is InChI=1S/C19H19N5O2/c25-17-10-16(15-11-20-6-7-21-15)23-18(17)22-24(19(23)26)14-8-13(9-14)12-4-2-1-3-5-12/h1-7,11,13-14,16-17,25H,8-10H2/t13?,14?,16-,17-/m0/s1. The van der Waals surface area contributed by atoms with Crippen molar-refractivity contribution in [2.45, 2.75) is 43.4 Å². The normalized spacial score (nSPS) is 27.1. The Kier molecular flexibility index (Phi) is 3.49. The lowest BCUT2D eigenvalue weighted by Crippen LogP contribution is -2.35. The van der Waals surface area contributed by atoms with Crippen molar-refractivity contribution < 1.29 is 5.11 Å². The lowest BCUT2D eigenvalue weighted by molar-refractivity contribution is 0.165. The van der Waals surface area contributed by atoms with E-state index in [2.05, 4.69) is 27.2 Å². The van der Waals surface area contributed by atoms with Crippen LogP contribution in [0.3, 0.4) is 0 Å². The third kappa shape index (κ3) is 2.31. The number of aromatic nitrogens is 5. The van der Waals surface area contributed by atoms with Crippen LogP contribution in [-0.2, 0) is 0 Å². The van der Waals surface area contributed by atoms with Gasteiger partial charge in [0, 0.05) is 18.8 Å². The average Bonchev–Trinajstić information content (AvgIpc) is 3.14. The van der Waals surface area contributed by atoms with E-state index < -0.39 is 6.10 Å². The lowest BCUT2D eigenvalue weighted by atomic mass is 9.76. The fraction of sp³-hybridized carbons (Fsp3) is 0.368. The maximum atomic E-state index is 13.0. The summed E-state index contributed by atoms with van der Waals surface area (Å²) in [5, 5.41) is 14.8. The van der Waals surface area contributed by atoms with E-state index in [1.54, 1.807) is 27.8 Å². The van der Waals surface area contributed by atoms with Crippen molar-refractivity contribution in [3.05, 3.63) is 76.5 Å². The van der Waals surface area contributed by atoms with Crippen LogP contribution in [0.25, 0.3) is 0 Å². The SMILES string of the molecule is O=c1n(C2CC(c3ccccc3)C2)nc2n1[C@H](c1cnccn1)C[C@@H]2O. The highest BCUT2D eigenvalue weighted by atomic mass is 16.3. The van der Waals surface area contributed by atoms with E-state index in [4.69, 9.17) is 0 Å². The highest BCUT2D eigenvalue weighted by Crippen LogP contribution is 2.44. The first-order valence-electron chi connectivity index (χ1n) is 8.92. The number of aliphatic hydroxyl groups excluding tert-OH is 1. The zero-order valence-electron chi connectivity index (χ0n) is 14.1. The summed E-state index contributed by atoms with van der Waals surface area (Å²) in [5.41, 5.74) is 1.83. The minimum absolute atomic E-state index is 0.0838. The molecular formula is C19H19N5O2. The Morgan fingerprint density at radius 3 is 2.62 bits per heavy atom. The van der Waals surface area contributed by atoms with Gasteiger partial charge in [-0.25, -0.2) is 9.48 Å². The summed E-state index contributed by atoms with van der Waals surface area (Å²) >= 11 is 0. The zero-order chi connectivity index (χ0) is 17.7. The van der Waals surface area contributed by atoms with E-state index in [-0.39, 0.29) is 17.8 Å². The quantitative estimate of drug-likeness (QED) is 0.781. The molecule has 2 aliphatic rings. The molecule has 0 bridgehead atoms. The Balaban J connectivity index is 1.43. The maximum Gasteiger partial charge on any atom is 0.346 e. The van der Waals surface area contributed by atoms with Crippen molar-refractivity contribution in [1.82, 2.24) is 24.3 Å². The van der Waals surface area contributed by atoms with Gasteiger partial charge in [0.2, 0.25) is 0 Å². The molecule has 1 N–H and O–H groups in total. The Labute approximate surface area is 150 Å². The third-order valence-corrected chi connectivity index (χ3v) is 5.57. The number of benzene rings is 1. The van der Waals surface area contributed by atoms with E-state index >= 15 is 0 Å². The van der Waals surface area contributed by atoms with Crippen molar-refractivity contribution >= 4 is 0 Å². The summed E-state index contributed by atoms with van der Waals surface area (Å²) in [6, 6.07) is 10.1. The van der Waals surface area contributed by atoms with Gasteiger partial charge in [-0.3, -0.25) is 14.5 Å². The third-order valence-electron chi connectivity index (χ3n) is 5.57. The number of aliphatic hydroxyl groups is 1. The van der Waals surface area contributed by atoms with E-state index in [1.807, 2.05) is 18.2 Å². The molecule has 1 saturated carbocycles. The summed E-state index contributed by atoms with van der Waals surface area (Å²) in [5.74, 6) is 0.902. The van der Waals surface area contributed by atoms with Crippen molar-refractivity contribution in [3.63, 3.8) is 0 Å². The topological polar surface area (TPSA) is 85.8 Å². The van der Waals surface area contributed by atoms with Gasteiger partial charge in [0.05, 0.1) is 24.0 Å². The van der Waals surface area contributed by atoms with Gasteiger partial charge in [-0.15, -0.1) is 0 Å². The Morgan fingerprint density at radius 2 is 1.88 bits per heavy atom. The van der Waals surface area contributed by atoms with Crippen molar-refractivity contribution in [3.8, 4) is 0 Å². The van der Waals surface area contributed by atoms with Gasteiger partial charge in [0.15, 0.2) is 5.82 Å². The van der Waals surface area contributed by atoms with Crippen LogP contribution in [0.4, 0.5) is 0 Å². The molecule has 0 unspecified atom stereocenters. The molecule has 5 rings (SSSR count). The van der Waals surface area contributed by atoms with Crippen LogP contribution in [0.2, 0.25) is 0 Å². The maximum absolute atomic E-state index is 13.0. The summed E-state index contributed by atoms with van der Waals surface area (Å²) < 4.78 is 3.14. The first-order chi connectivity index (χ1) is 12.7. The molecule has 26 heavy (non-hydrogen) atoms. The van der Waals surface area contributed by atoms with Crippen molar-refractivity contribution in [2.75, 3.05) is 0 Å². The molecular weight excluding hydrogens is 330 g/mol. The van der Waals surface area contributed by atoms with Gasteiger partial charge < -0.3 is 5.11 Å². The minimum atomic E-state index is -0.749. The van der Waals surface area contributed by atoms with Crippen LogP contribution in [0.1, 0.15) is 60.4 Å². The molecule has 7 nitrogen and oxygen atoms in total. The number of hydrogen-bond acceptors (Lipinski definition) is 5. The van der Waals surface area contributed by atoms with Crippen LogP contribution in [-0.4, -0.2) is 29.4 Å². The second-order valence-corrected chi connectivity index (χ2v) is 7.09. The molecule has 3 aromatic rings. The Hall–Kier alpha value is -2.80. The molecule has 2 aromatic heterocycles. The van der Waals surface area contributed by atoms with E-state index in [1.165, 1.54) is 5.56 Å². The molecule has 1 aliphatic carbocycles. The van der Waals surface area contributed by atoms with E-state index in [0.717, 1.165) is 12.8 Å². The van der Waals surface area contributed by atoms with Crippen molar-refractivity contribution in [1.29, 1.82) is 0 Å². The van der Waals surface area contributed by atoms with Crippen molar-refractivity contribution in [2.24, 2.45) is 0 Å². The fourth-order valence-corrected chi connectivity index (χ4v) is 4.11. The van der Waals surface area contributed by atoms with Gasteiger partial charge in [-0.1, -0.05) is 30.3 Å². The van der Waals surface area contributed by atoms with E-state index in [0.29, 0.717) is 23.9 Å². The first-order valence-corrected chi connectivity index (χ1v) is 8.92. The first kappa shape index (κ1) is 15.5. The van der Waals surface area contributed by atoms with Crippen LogP contribution in [0.15, 0.2) is 53.7 Å². The largest absolute Gasteiger partial charge is 0.385 e. The number of nitrogens with zero attached hydrogens (tertiary/aromatic N) is 5. The molecule has 7 heteroatoms. The molecule has 0 amide bonds. The van der Waals surface area contributed by atoms with Crippen LogP contribution in [0.5, 0.6) is 0 Å². The highest BCUT2D eigenvalue weighted by Gasteiger charge is 2.40. The van der Waals surface area contributed by atoms with Crippen LogP contribution in [0, 0.1) is 0 Å². The summed E-state index contributed by atoms with van der Waals surface area (Å²) in [6.45, 7) is 0. The molecule has 1 fully saturated rings.